The van der Waals surface area contributed by atoms with Gasteiger partial charge in [0.2, 0.25) is 0 Å². The SMILES string of the molecule is Cc1cn[nH]c1C1CCCN(C(=O)c2csc3c2CCCC3)C1. The van der Waals surface area contributed by atoms with Gasteiger partial charge in [0.1, 0.15) is 0 Å². The zero-order valence-corrected chi connectivity index (χ0v) is 14.4. The number of H-pyrrole nitrogens is 1. The van der Waals surface area contributed by atoms with Crippen LogP contribution in [0, 0.1) is 6.92 Å². The molecule has 1 unspecified atom stereocenters. The number of thiophene rings is 1. The molecule has 1 aliphatic heterocycles. The number of hydrogen-bond acceptors (Lipinski definition) is 3. The molecule has 1 N–H and O–H groups in total. The Labute approximate surface area is 140 Å². The van der Waals surface area contributed by atoms with Crippen LogP contribution in [0.2, 0.25) is 0 Å². The molecule has 1 aliphatic carbocycles. The lowest BCUT2D eigenvalue weighted by Crippen LogP contribution is -2.39. The summed E-state index contributed by atoms with van der Waals surface area (Å²) in [4.78, 5) is 16.5. The zero-order chi connectivity index (χ0) is 15.8. The number of aromatic amines is 1. The Balaban J connectivity index is 1.54. The molecule has 0 bridgehead atoms. The Bertz CT molecular complexity index is 718. The zero-order valence-electron chi connectivity index (χ0n) is 13.6. The fraction of sp³-hybridized carbons (Fsp3) is 0.556. The summed E-state index contributed by atoms with van der Waals surface area (Å²) in [6.45, 7) is 3.79. The summed E-state index contributed by atoms with van der Waals surface area (Å²) in [7, 11) is 0. The van der Waals surface area contributed by atoms with Crippen LogP contribution in [0.1, 0.15) is 63.7 Å². The predicted molar refractivity (Wildman–Crippen MR) is 92.2 cm³/mol. The molecule has 1 saturated heterocycles. The van der Waals surface area contributed by atoms with Crippen LogP contribution in [-0.2, 0) is 12.8 Å². The number of likely N-dealkylation sites (tertiary alicyclic amines) is 1. The van der Waals surface area contributed by atoms with Gasteiger partial charge in [-0.3, -0.25) is 9.89 Å². The van der Waals surface area contributed by atoms with Gasteiger partial charge in [0.25, 0.3) is 5.91 Å². The van der Waals surface area contributed by atoms with E-state index in [0.717, 1.165) is 44.3 Å². The summed E-state index contributed by atoms with van der Waals surface area (Å²) in [5.74, 6) is 0.635. The Kier molecular flexibility index (Phi) is 3.97. The fourth-order valence-electron chi connectivity index (χ4n) is 4.01. The van der Waals surface area contributed by atoms with Gasteiger partial charge in [-0.25, -0.2) is 0 Å². The Morgan fingerprint density at radius 1 is 1.35 bits per heavy atom. The van der Waals surface area contributed by atoms with Crippen LogP contribution in [0.4, 0.5) is 0 Å². The first-order valence-electron chi connectivity index (χ1n) is 8.62. The summed E-state index contributed by atoms with van der Waals surface area (Å²) < 4.78 is 0. The molecule has 4 rings (SSSR count). The minimum Gasteiger partial charge on any atom is -0.338 e. The highest BCUT2D eigenvalue weighted by Crippen LogP contribution is 2.33. The molecular weight excluding hydrogens is 306 g/mol. The fourth-order valence-corrected chi connectivity index (χ4v) is 5.13. The van der Waals surface area contributed by atoms with Crippen molar-refractivity contribution in [3.05, 3.63) is 38.8 Å². The number of fused-ring (bicyclic) bond motifs is 1. The average Bonchev–Trinajstić information content (AvgIpc) is 3.20. The van der Waals surface area contributed by atoms with E-state index in [0.29, 0.717) is 5.92 Å². The lowest BCUT2D eigenvalue weighted by molar-refractivity contribution is 0.0705. The van der Waals surface area contributed by atoms with E-state index in [1.54, 1.807) is 11.3 Å². The molecule has 2 aromatic rings. The molecule has 4 nitrogen and oxygen atoms in total. The average molecular weight is 329 g/mol. The molecule has 3 heterocycles. The second-order valence-electron chi connectivity index (χ2n) is 6.82. The minimum absolute atomic E-state index is 0.242. The maximum Gasteiger partial charge on any atom is 0.255 e. The molecular formula is C18H23N3OS. The number of carbonyl (C=O) groups excluding carboxylic acids is 1. The number of nitrogens with zero attached hydrogens (tertiary/aromatic N) is 2. The van der Waals surface area contributed by atoms with Gasteiger partial charge in [-0.2, -0.15) is 5.10 Å². The molecule has 5 heteroatoms. The second kappa shape index (κ2) is 6.11. The van der Waals surface area contributed by atoms with Gasteiger partial charge >= 0.3 is 0 Å². The van der Waals surface area contributed by atoms with Crippen LogP contribution in [0.5, 0.6) is 0 Å². The Morgan fingerprint density at radius 3 is 3.04 bits per heavy atom. The van der Waals surface area contributed by atoms with Crippen LogP contribution in [0.15, 0.2) is 11.6 Å². The summed E-state index contributed by atoms with van der Waals surface area (Å²) in [5.41, 5.74) is 4.73. The highest BCUT2D eigenvalue weighted by atomic mass is 32.1. The smallest absolute Gasteiger partial charge is 0.255 e. The highest BCUT2D eigenvalue weighted by Gasteiger charge is 2.29. The van der Waals surface area contributed by atoms with E-state index in [1.165, 1.54) is 34.5 Å². The van der Waals surface area contributed by atoms with E-state index >= 15 is 0 Å². The quantitative estimate of drug-likeness (QED) is 0.914. The minimum atomic E-state index is 0.242. The maximum absolute atomic E-state index is 13.0. The van der Waals surface area contributed by atoms with Crippen molar-refractivity contribution in [3.63, 3.8) is 0 Å². The summed E-state index contributed by atoms with van der Waals surface area (Å²) >= 11 is 1.78. The third kappa shape index (κ3) is 2.71. The van der Waals surface area contributed by atoms with Gasteiger partial charge in [-0.15, -0.1) is 11.3 Å². The van der Waals surface area contributed by atoms with Crippen molar-refractivity contribution in [1.29, 1.82) is 0 Å². The maximum atomic E-state index is 13.0. The molecule has 122 valence electrons. The van der Waals surface area contributed by atoms with E-state index in [1.807, 2.05) is 6.20 Å². The number of aryl methyl sites for hydroxylation is 2. The van der Waals surface area contributed by atoms with Gasteiger partial charge in [-0.1, -0.05) is 0 Å². The first-order chi connectivity index (χ1) is 11.2. The highest BCUT2D eigenvalue weighted by molar-refractivity contribution is 7.10. The lowest BCUT2D eigenvalue weighted by Gasteiger charge is -2.33. The van der Waals surface area contributed by atoms with Crippen molar-refractivity contribution in [1.82, 2.24) is 15.1 Å². The van der Waals surface area contributed by atoms with Crippen molar-refractivity contribution >= 4 is 17.2 Å². The van der Waals surface area contributed by atoms with E-state index in [4.69, 9.17) is 0 Å². The first-order valence-corrected chi connectivity index (χ1v) is 9.50. The molecule has 0 saturated carbocycles. The molecule has 1 amide bonds. The lowest BCUT2D eigenvalue weighted by atomic mass is 9.91. The summed E-state index contributed by atoms with van der Waals surface area (Å²) in [5, 5.41) is 9.38. The topological polar surface area (TPSA) is 49.0 Å². The van der Waals surface area contributed by atoms with Crippen LogP contribution in [0.3, 0.4) is 0 Å². The van der Waals surface area contributed by atoms with Gasteiger partial charge in [0.05, 0.1) is 11.8 Å². The molecule has 2 aliphatic rings. The standard InChI is InChI=1S/C18H23N3OS/c1-12-9-19-20-17(12)13-5-4-8-21(10-13)18(22)15-11-23-16-7-3-2-6-14(15)16/h9,11,13H,2-8,10H2,1H3,(H,19,20). The van der Waals surface area contributed by atoms with Crippen molar-refractivity contribution in [2.45, 2.75) is 51.4 Å². The summed E-state index contributed by atoms with van der Waals surface area (Å²) in [6, 6.07) is 0. The normalized spacial score (nSPS) is 21.3. The number of piperidine rings is 1. The van der Waals surface area contributed by atoms with Crippen LogP contribution < -0.4 is 0 Å². The molecule has 0 spiro atoms. The monoisotopic (exact) mass is 329 g/mol. The molecule has 1 fully saturated rings. The number of nitrogens with one attached hydrogen (secondary N) is 1. The van der Waals surface area contributed by atoms with E-state index in [2.05, 4.69) is 27.4 Å². The predicted octanol–water partition coefficient (Wildman–Crippen LogP) is 3.68. The van der Waals surface area contributed by atoms with E-state index in [-0.39, 0.29) is 5.91 Å². The van der Waals surface area contributed by atoms with Crippen molar-refractivity contribution in [3.8, 4) is 0 Å². The van der Waals surface area contributed by atoms with Gasteiger partial charge < -0.3 is 4.90 Å². The summed E-state index contributed by atoms with van der Waals surface area (Å²) in [6.07, 6.45) is 8.81. The van der Waals surface area contributed by atoms with Crippen molar-refractivity contribution in [2.75, 3.05) is 13.1 Å². The second-order valence-corrected chi connectivity index (χ2v) is 7.78. The number of carbonyl (C=O) groups is 1. The molecule has 2 aromatic heterocycles. The largest absolute Gasteiger partial charge is 0.338 e. The molecule has 0 radical (unpaired) electrons. The first kappa shape index (κ1) is 14.9. The van der Waals surface area contributed by atoms with Gasteiger partial charge in [-0.05, 0) is 56.6 Å². The van der Waals surface area contributed by atoms with Crippen LogP contribution in [0.25, 0.3) is 0 Å². The Morgan fingerprint density at radius 2 is 2.22 bits per heavy atom. The molecule has 0 aromatic carbocycles. The van der Waals surface area contributed by atoms with Crippen LogP contribution in [-0.4, -0.2) is 34.1 Å². The third-order valence-corrected chi connectivity index (χ3v) is 6.37. The van der Waals surface area contributed by atoms with Gasteiger partial charge in [0.15, 0.2) is 0 Å². The Hall–Kier alpha value is -1.62. The van der Waals surface area contributed by atoms with E-state index in [9.17, 15) is 4.79 Å². The number of amides is 1. The third-order valence-electron chi connectivity index (χ3n) is 5.28. The van der Waals surface area contributed by atoms with Crippen molar-refractivity contribution < 1.29 is 4.79 Å². The van der Waals surface area contributed by atoms with E-state index < -0.39 is 0 Å². The van der Waals surface area contributed by atoms with Crippen LogP contribution >= 0.6 is 11.3 Å². The number of rotatable bonds is 2. The number of hydrogen-bond donors (Lipinski definition) is 1. The van der Waals surface area contributed by atoms with Gasteiger partial charge in [0, 0.05) is 35.0 Å². The molecule has 23 heavy (non-hydrogen) atoms. The molecule has 1 atom stereocenters. The van der Waals surface area contributed by atoms with Crippen molar-refractivity contribution in [2.24, 2.45) is 0 Å². The number of aromatic nitrogens is 2.